The van der Waals surface area contributed by atoms with E-state index in [4.69, 9.17) is 9.84 Å². The minimum absolute atomic E-state index is 0.0279. The monoisotopic (exact) mass is 244 g/mol. The van der Waals surface area contributed by atoms with E-state index in [0.717, 1.165) is 13.2 Å². The lowest BCUT2D eigenvalue weighted by atomic mass is 10.0. The van der Waals surface area contributed by atoms with Gasteiger partial charge in [0.15, 0.2) is 0 Å². The topological polar surface area (TPSA) is 70.6 Å². The number of morpholine rings is 1. The molecule has 0 radical (unpaired) electrons. The fraction of sp³-hybridized carbons (Fsp3) is 0.917. The summed E-state index contributed by atoms with van der Waals surface area (Å²) >= 11 is 0. The largest absolute Gasteiger partial charge is 0.396 e. The van der Waals surface area contributed by atoms with Crippen LogP contribution in [0.3, 0.4) is 0 Å². The third kappa shape index (κ3) is 5.48. The van der Waals surface area contributed by atoms with Crippen molar-refractivity contribution >= 4 is 5.91 Å². The Labute approximate surface area is 103 Å². The molecule has 3 N–H and O–H groups in total. The van der Waals surface area contributed by atoms with Crippen molar-refractivity contribution < 1.29 is 14.6 Å². The molecule has 100 valence electrons. The summed E-state index contributed by atoms with van der Waals surface area (Å²) in [6.45, 7) is 6.32. The van der Waals surface area contributed by atoms with Crippen molar-refractivity contribution in [3.05, 3.63) is 0 Å². The Morgan fingerprint density at radius 1 is 1.59 bits per heavy atom. The molecule has 2 unspecified atom stereocenters. The second-order valence-electron chi connectivity index (χ2n) is 4.86. The van der Waals surface area contributed by atoms with E-state index in [1.807, 2.05) is 13.8 Å². The van der Waals surface area contributed by atoms with Crippen molar-refractivity contribution in [2.24, 2.45) is 5.92 Å². The second kappa shape index (κ2) is 7.63. The van der Waals surface area contributed by atoms with Gasteiger partial charge in [0.25, 0.3) is 0 Å². The number of ether oxygens (including phenoxy) is 1. The van der Waals surface area contributed by atoms with Crippen molar-refractivity contribution in [1.29, 1.82) is 0 Å². The summed E-state index contributed by atoms with van der Waals surface area (Å²) in [6.07, 6.45) is 1.05. The summed E-state index contributed by atoms with van der Waals surface area (Å²) in [4.78, 5) is 11.8. The molecule has 1 saturated heterocycles. The van der Waals surface area contributed by atoms with Crippen LogP contribution in [0, 0.1) is 5.92 Å². The fourth-order valence-electron chi connectivity index (χ4n) is 1.95. The molecule has 5 heteroatoms. The highest BCUT2D eigenvalue weighted by Crippen LogP contribution is 2.07. The molecule has 1 amide bonds. The van der Waals surface area contributed by atoms with Crippen molar-refractivity contribution in [3.8, 4) is 0 Å². The molecule has 1 rings (SSSR count). The van der Waals surface area contributed by atoms with Gasteiger partial charge in [-0.2, -0.15) is 0 Å². The summed E-state index contributed by atoms with van der Waals surface area (Å²) in [6, 6.07) is 0.169. The molecule has 0 saturated carbocycles. The van der Waals surface area contributed by atoms with Gasteiger partial charge in [0, 0.05) is 31.7 Å². The molecular formula is C12H24N2O3. The first-order chi connectivity index (χ1) is 8.13. The van der Waals surface area contributed by atoms with E-state index in [-0.39, 0.29) is 24.6 Å². The summed E-state index contributed by atoms with van der Waals surface area (Å²) in [5.41, 5.74) is 0. The predicted molar refractivity (Wildman–Crippen MR) is 65.7 cm³/mol. The Bertz CT molecular complexity index is 228. The van der Waals surface area contributed by atoms with Gasteiger partial charge in [0.05, 0.1) is 13.2 Å². The normalized spacial score (nSPS) is 22.5. The average Bonchev–Trinajstić information content (AvgIpc) is 2.29. The van der Waals surface area contributed by atoms with Gasteiger partial charge >= 0.3 is 0 Å². The van der Waals surface area contributed by atoms with Crippen LogP contribution < -0.4 is 10.6 Å². The summed E-state index contributed by atoms with van der Waals surface area (Å²) in [5.74, 6) is 0.363. The van der Waals surface area contributed by atoms with Gasteiger partial charge in [-0.25, -0.2) is 0 Å². The van der Waals surface area contributed by atoms with Crippen LogP contribution in [-0.4, -0.2) is 49.5 Å². The number of carbonyl (C=O) groups is 1. The molecule has 5 nitrogen and oxygen atoms in total. The Balaban J connectivity index is 2.30. The van der Waals surface area contributed by atoms with Crippen molar-refractivity contribution in [3.63, 3.8) is 0 Å². The highest BCUT2D eigenvalue weighted by molar-refractivity contribution is 5.76. The molecule has 2 atom stereocenters. The maximum absolute atomic E-state index is 11.8. The molecule has 1 heterocycles. The highest BCUT2D eigenvalue weighted by atomic mass is 16.5. The van der Waals surface area contributed by atoms with Gasteiger partial charge in [0.2, 0.25) is 5.91 Å². The van der Waals surface area contributed by atoms with Crippen LogP contribution >= 0.6 is 0 Å². The van der Waals surface area contributed by atoms with E-state index in [1.54, 1.807) is 0 Å². The van der Waals surface area contributed by atoms with E-state index in [9.17, 15) is 4.79 Å². The molecule has 1 aliphatic heterocycles. The third-order valence-electron chi connectivity index (χ3n) is 3.02. The van der Waals surface area contributed by atoms with Gasteiger partial charge < -0.3 is 20.5 Å². The van der Waals surface area contributed by atoms with Crippen molar-refractivity contribution in [1.82, 2.24) is 10.6 Å². The lowest BCUT2D eigenvalue weighted by Crippen LogP contribution is -2.46. The summed E-state index contributed by atoms with van der Waals surface area (Å²) < 4.78 is 5.30. The van der Waals surface area contributed by atoms with Gasteiger partial charge in [-0.1, -0.05) is 13.8 Å². The molecule has 0 spiro atoms. The molecular weight excluding hydrogens is 220 g/mol. The van der Waals surface area contributed by atoms with Gasteiger partial charge in [-0.3, -0.25) is 4.79 Å². The first-order valence-electron chi connectivity index (χ1n) is 6.34. The summed E-state index contributed by atoms with van der Waals surface area (Å²) in [7, 11) is 0. The molecule has 0 aromatic rings. The lowest BCUT2D eigenvalue weighted by Gasteiger charge is -2.26. The molecule has 0 aromatic carbocycles. The number of hydrogen-bond donors (Lipinski definition) is 3. The molecule has 0 aromatic heterocycles. The zero-order valence-corrected chi connectivity index (χ0v) is 10.7. The Morgan fingerprint density at radius 3 is 2.88 bits per heavy atom. The Morgan fingerprint density at radius 2 is 2.35 bits per heavy atom. The van der Waals surface area contributed by atoms with Crippen molar-refractivity contribution in [2.45, 2.75) is 38.8 Å². The highest BCUT2D eigenvalue weighted by Gasteiger charge is 2.20. The second-order valence-corrected chi connectivity index (χ2v) is 4.86. The van der Waals surface area contributed by atoms with Gasteiger partial charge in [0.1, 0.15) is 0 Å². The molecule has 17 heavy (non-hydrogen) atoms. The van der Waals surface area contributed by atoms with Crippen LogP contribution in [0.2, 0.25) is 0 Å². The lowest BCUT2D eigenvalue weighted by molar-refractivity contribution is -0.123. The van der Waals surface area contributed by atoms with E-state index >= 15 is 0 Å². The average molecular weight is 244 g/mol. The van der Waals surface area contributed by atoms with Crippen LogP contribution in [0.1, 0.15) is 26.7 Å². The number of nitrogens with one attached hydrogen (secondary N) is 2. The van der Waals surface area contributed by atoms with Crippen LogP contribution in [0.25, 0.3) is 0 Å². The first kappa shape index (κ1) is 14.4. The predicted octanol–water partition coefficient (Wildman–Crippen LogP) is -0.112. The minimum atomic E-state index is 0.0279. The SMILES string of the molecule is CC(C)C(CCO)NC(=O)CC1COCCN1. The number of rotatable bonds is 6. The minimum Gasteiger partial charge on any atom is -0.396 e. The van der Waals surface area contributed by atoms with Crippen molar-refractivity contribution in [2.75, 3.05) is 26.4 Å². The Hall–Kier alpha value is -0.650. The number of amides is 1. The van der Waals surface area contributed by atoms with E-state index in [2.05, 4.69) is 10.6 Å². The van der Waals surface area contributed by atoms with Crippen LogP contribution in [-0.2, 0) is 9.53 Å². The zero-order valence-electron chi connectivity index (χ0n) is 10.7. The molecule has 0 bridgehead atoms. The third-order valence-corrected chi connectivity index (χ3v) is 3.02. The maximum atomic E-state index is 11.8. The first-order valence-corrected chi connectivity index (χ1v) is 6.34. The standard InChI is InChI=1S/C12H24N2O3/c1-9(2)11(3-5-15)14-12(16)7-10-8-17-6-4-13-10/h9-11,13,15H,3-8H2,1-2H3,(H,14,16). The molecule has 0 aliphatic carbocycles. The summed E-state index contributed by atoms with van der Waals surface area (Å²) in [5, 5.41) is 15.2. The number of hydrogen-bond acceptors (Lipinski definition) is 4. The zero-order chi connectivity index (χ0) is 12.7. The van der Waals surface area contributed by atoms with Crippen LogP contribution in [0.4, 0.5) is 0 Å². The number of carbonyl (C=O) groups excluding carboxylic acids is 1. The van der Waals surface area contributed by atoms with Gasteiger partial charge in [-0.15, -0.1) is 0 Å². The molecule has 1 fully saturated rings. The van der Waals surface area contributed by atoms with E-state index < -0.39 is 0 Å². The molecule has 1 aliphatic rings. The maximum Gasteiger partial charge on any atom is 0.221 e. The smallest absolute Gasteiger partial charge is 0.221 e. The fourth-order valence-corrected chi connectivity index (χ4v) is 1.95. The quantitative estimate of drug-likeness (QED) is 0.609. The van der Waals surface area contributed by atoms with E-state index in [0.29, 0.717) is 25.4 Å². The number of aliphatic hydroxyl groups is 1. The van der Waals surface area contributed by atoms with E-state index in [1.165, 1.54) is 0 Å². The van der Waals surface area contributed by atoms with Crippen LogP contribution in [0.5, 0.6) is 0 Å². The van der Waals surface area contributed by atoms with Crippen LogP contribution in [0.15, 0.2) is 0 Å². The van der Waals surface area contributed by atoms with Gasteiger partial charge in [-0.05, 0) is 12.3 Å². The Kier molecular flexibility index (Phi) is 6.47. The number of aliphatic hydroxyl groups excluding tert-OH is 1.